The average Bonchev–Trinajstić information content (AvgIpc) is 2.22. The molecule has 0 aromatic rings. The molecule has 1 aliphatic heterocycles. The lowest BCUT2D eigenvalue weighted by molar-refractivity contribution is -0.143. The second-order valence-corrected chi connectivity index (χ2v) is 4.66. The summed E-state index contributed by atoms with van der Waals surface area (Å²) in [5, 5.41) is 0. The van der Waals surface area contributed by atoms with Crippen molar-refractivity contribution < 1.29 is 9.53 Å². The number of carbonyl (C=O) groups excluding carboxylic acids is 1. The van der Waals surface area contributed by atoms with E-state index in [1.54, 1.807) is 0 Å². The van der Waals surface area contributed by atoms with Crippen LogP contribution in [0.15, 0.2) is 0 Å². The third-order valence-corrected chi connectivity index (χ3v) is 2.87. The lowest BCUT2D eigenvalue weighted by Crippen LogP contribution is -2.48. The summed E-state index contributed by atoms with van der Waals surface area (Å²) >= 11 is 0. The Morgan fingerprint density at radius 1 is 1.25 bits per heavy atom. The first-order valence-electron chi connectivity index (χ1n) is 6.26. The van der Waals surface area contributed by atoms with Gasteiger partial charge in [0.1, 0.15) is 0 Å². The van der Waals surface area contributed by atoms with Gasteiger partial charge in [-0.05, 0) is 33.2 Å². The Morgan fingerprint density at radius 3 is 2.44 bits per heavy atom. The van der Waals surface area contributed by atoms with Gasteiger partial charge in [0, 0.05) is 19.5 Å². The summed E-state index contributed by atoms with van der Waals surface area (Å²) < 4.78 is 5.60. The summed E-state index contributed by atoms with van der Waals surface area (Å²) in [7, 11) is 0. The van der Waals surface area contributed by atoms with E-state index in [9.17, 15) is 4.79 Å². The number of nitrogens with zero attached hydrogens (tertiary/aromatic N) is 1. The third kappa shape index (κ3) is 4.49. The van der Waals surface area contributed by atoms with Crippen molar-refractivity contribution in [1.29, 1.82) is 0 Å². The first-order chi connectivity index (χ1) is 7.63. The quantitative estimate of drug-likeness (QED) is 0.718. The first-order valence-corrected chi connectivity index (χ1v) is 6.26. The summed E-state index contributed by atoms with van der Waals surface area (Å²) in [4.78, 5) is 13.8. The van der Waals surface area contributed by atoms with Crippen molar-refractivity contribution in [2.45, 2.75) is 51.7 Å². The van der Waals surface area contributed by atoms with Crippen LogP contribution in [0.2, 0.25) is 0 Å². The first kappa shape index (κ1) is 13.5. The molecular weight excluding hydrogens is 204 g/mol. The predicted molar refractivity (Wildman–Crippen MR) is 64.1 cm³/mol. The molecule has 4 heteroatoms. The van der Waals surface area contributed by atoms with Gasteiger partial charge in [0.15, 0.2) is 0 Å². The van der Waals surface area contributed by atoms with E-state index < -0.39 is 0 Å². The summed E-state index contributed by atoms with van der Waals surface area (Å²) in [6.07, 6.45) is 4.00. The molecule has 0 aliphatic carbocycles. The fraction of sp³-hybridized carbons (Fsp3) is 0.917. The monoisotopic (exact) mass is 228 g/mol. The van der Waals surface area contributed by atoms with Crippen LogP contribution in [0.1, 0.15) is 39.5 Å². The van der Waals surface area contributed by atoms with E-state index in [0.717, 1.165) is 38.9 Å². The maximum atomic E-state index is 11.9. The Hall–Kier alpha value is -0.610. The summed E-state index contributed by atoms with van der Waals surface area (Å²) in [5.74, 6) is 0.263. The number of unbranched alkanes of at least 4 members (excludes halogenated alkanes) is 2. The highest BCUT2D eigenvalue weighted by Gasteiger charge is 2.25. The summed E-state index contributed by atoms with van der Waals surface area (Å²) in [6, 6.07) is 0. The molecule has 1 heterocycles. The number of ether oxygens (including phenoxy) is 1. The van der Waals surface area contributed by atoms with E-state index in [4.69, 9.17) is 10.5 Å². The van der Waals surface area contributed by atoms with Crippen molar-refractivity contribution in [1.82, 2.24) is 4.90 Å². The number of morpholine rings is 1. The standard InChI is InChI=1S/C12H24N2O2/c1-10-8-14(9-11(2)16-10)12(15)6-4-3-5-7-13/h10-11H,3-9,13H2,1-2H3. The number of carbonyl (C=O) groups is 1. The van der Waals surface area contributed by atoms with Crippen LogP contribution in [0.25, 0.3) is 0 Å². The fourth-order valence-corrected chi connectivity index (χ4v) is 2.14. The maximum absolute atomic E-state index is 11.9. The minimum absolute atomic E-state index is 0.164. The smallest absolute Gasteiger partial charge is 0.222 e. The predicted octanol–water partition coefficient (Wildman–Crippen LogP) is 1.14. The van der Waals surface area contributed by atoms with Crippen LogP contribution in [-0.4, -0.2) is 42.6 Å². The van der Waals surface area contributed by atoms with Gasteiger partial charge in [-0.25, -0.2) is 0 Å². The highest BCUT2D eigenvalue weighted by molar-refractivity contribution is 5.76. The van der Waals surface area contributed by atoms with E-state index in [2.05, 4.69) is 0 Å². The molecule has 0 aromatic heterocycles. The number of amides is 1. The second kappa shape index (κ2) is 6.86. The van der Waals surface area contributed by atoms with E-state index in [-0.39, 0.29) is 18.1 Å². The van der Waals surface area contributed by atoms with Crippen molar-refractivity contribution in [3.05, 3.63) is 0 Å². The molecule has 94 valence electrons. The van der Waals surface area contributed by atoms with Gasteiger partial charge in [0.2, 0.25) is 5.91 Å². The molecule has 1 rings (SSSR count). The van der Waals surface area contributed by atoms with E-state index in [1.165, 1.54) is 0 Å². The molecule has 2 atom stereocenters. The molecule has 1 aliphatic rings. The van der Waals surface area contributed by atoms with Crippen LogP contribution in [-0.2, 0) is 9.53 Å². The van der Waals surface area contributed by atoms with Crippen molar-refractivity contribution in [3.63, 3.8) is 0 Å². The molecular formula is C12H24N2O2. The molecule has 1 fully saturated rings. The number of rotatable bonds is 5. The van der Waals surface area contributed by atoms with Gasteiger partial charge in [0.25, 0.3) is 0 Å². The third-order valence-electron chi connectivity index (χ3n) is 2.87. The summed E-state index contributed by atoms with van der Waals surface area (Å²) in [5.41, 5.74) is 5.41. The Labute approximate surface area is 98.1 Å². The van der Waals surface area contributed by atoms with Gasteiger partial charge in [0.05, 0.1) is 12.2 Å². The van der Waals surface area contributed by atoms with Crippen LogP contribution in [0, 0.1) is 0 Å². The molecule has 0 saturated carbocycles. The molecule has 0 bridgehead atoms. The molecule has 1 amide bonds. The highest BCUT2D eigenvalue weighted by Crippen LogP contribution is 2.13. The fourth-order valence-electron chi connectivity index (χ4n) is 2.14. The van der Waals surface area contributed by atoms with Crippen molar-refractivity contribution in [3.8, 4) is 0 Å². The normalized spacial score (nSPS) is 25.8. The van der Waals surface area contributed by atoms with E-state index in [0.29, 0.717) is 6.42 Å². The van der Waals surface area contributed by atoms with E-state index in [1.807, 2.05) is 18.7 Å². The van der Waals surface area contributed by atoms with E-state index >= 15 is 0 Å². The van der Waals surface area contributed by atoms with Crippen molar-refractivity contribution in [2.75, 3.05) is 19.6 Å². The van der Waals surface area contributed by atoms with Crippen LogP contribution in [0.5, 0.6) is 0 Å². The Balaban J connectivity index is 2.24. The Bertz CT molecular complexity index is 211. The molecule has 0 spiro atoms. The minimum Gasteiger partial charge on any atom is -0.372 e. The zero-order valence-electron chi connectivity index (χ0n) is 10.4. The zero-order chi connectivity index (χ0) is 12.0. The van der Waals surface area contributed by atoms with Crippen LogP contribution >= 0.6 is 0 Å². The molecule has 2 unspecified atom stereocenters. The van der Waals surface area contributed by atoms with Gasteiger partial charge in [-0.15, -0.1) is 0 Å². The van der Waals surface area contributed by atoms with Crippen LogP contribution in [0.4, 0.5) is 0 Å². The number of hydrogen-bond donors (Lipinski definition) is 1. The highest BCUT2D eigenvalue weighted by atomic mass is 16.5. The maximum Gasteiger partial charge on any atom is 0.222 e. The van der Waals surface area contributed by atoms with Gasteiger partial charge in [-0.3, -0.25) is 4.79 Å². The molecule has 4 nitrogen and oxygen atoms in total. The molecule has 0 aromatic carbocycles. The van der Waals surface area contributed by atoms with Gasteiger partial charge in [-0.1, -0.05) is 6.42 Å². The lowest BCUT2D eigenvalue weighted by Gasteiger charge is -2.35. The van der Waals surface area contributed by atoms with Crippen molar-refractivity contribution >= 4 is 5.91 Å². The number of nitrogens with two attached hydrogens (primary N) is 1. The molecule has 1 saturated heterocycles. The molecule has 0 radical (unpaired) electrons. The largest absolute Gasteiger partial charge is 0.372 e. The topological polar surface area (TPSA) is 55.6 Å². The Kier molecular flexibility index (Phi) is 5.77. The lowest BCUT2D eigenvalue weighted by atomic mass is 10.1. The Morgan fingerprint density at radius 2 is 1.88 bits per heavy atom. The van der Waals surface area contributed by atoms with Crippen molar-refractivity contribution in [2.24, 2.45) is 5.73 Å². The van der Waals surface area contributed by atoms with Crippen LogP contribution < -0.4 is 5.73 Å². The van der Waals surface area contributed by atoms with Gasteiger partial charge >= 0.3 is 0 Å². The zero-order valence-corrected chi connectivity index (χ0v) is 10.4. The summed E-state index contributed by atoms with van der Waals surface area (Å²) in [6.45, 7) is 6.23. The van der Waals surface area contributed by atoms with Gasteiger partial charge in [-0.2, -0.15) is 0 Å². The minimum atomic E-state index is 0.164. The second-order valence-electron chi connectivity index (χ2n) is 4.66. The molecule has 2 N–H and O–H groups in total. The SMILES string of the molecule is CC1CN(C(=O)CCCCCN)CC(C)O1. The molecule has 16 heavy (non-hydrogen) atoms. The average molecular weight is 228 g/mol. The van der Waals surface area contributed by atoms with Gasteiger partial charge < -0.3 is 15.4 Å². The number of hydrogen-bond acceptors (Lipinski definition) is 3. The van der Waals surface area contributed by atoms with Crippen LogP contribution in [0.3, 0.4) is 0 Å².